The number of carbonyl (C=O) groups is 2. The molecule has 0 bridgehead atoms. The van der Waals surface area contributed by atoms with Crippen LogP contribution in [0.2, 0.25) is 0 Å². The molecule has 0 unspecified atom stereocenters. The second kappa shape index (κ2) is 6.97. The minimum atomic E-state index is -1.06. The molecule has 1 amide bonds. The van der Waals surface area contributed by atoms with Crippen LogP contribution in [0.4, 0.5) is 5.69 Å². The molecule has 1 aromatic carbocycles. The van der Waals surface area contributed by atoms with Crippen molar-refractivity contribution in [3.63, 3.8) is 0 Å². The maximum Gasteiger partial charge on any atom is 0.312 e. The van der Waals surface area contributed by atoms with Crippen LogP contribution >= 0.6 is 0 Å². The Balaban J connectivity index is 1.63. The summed E-state index contributed by atoms with van der Waals surface area (Å²) in [4.78, 5) is 26.7. The van der Waals surface area contributed by atoms with Crippen molar-refractivity contribution in [1.29, 1.82) is 5.41 Å². The third kappa shape index (κ3) is 3.66. The van der Waals surface area contributed by atoms with Gasteiger partial charge in [0, 0.05) is 37.4 Å². The molecule has 2 fully saturated rings. The second-order valence-corrected chi connectivity index (χ2v) is 7.54. The largest absolute Gasteiger partial charge is 0.481 e. The molecular formula is C19H26N4O3. The molecule has 2 aliphatic rings. The zero-order chi connectivity index (χ0) is 18.9. The first-order valence-electron chi connectivity index (χ1n) is 8.99. The topological polar surface area (TPSA) is 111 Å². The molecule has 2 heterocycles. The average molecular weight is 358 g/mol. The van der Waals surface area contributed by atoms with Gasteiger partial charge in [0.05, 0.1) is 0 Å². The van der Waals surface area contributed by atoms with Gasteiger partial charge in [0.15, 0.2) is 0 Å². The predicted octanol–water partition coefficient (Wildman–Crippen LogP) is 1.57. The lowest BCUT2D eigenvalue weighted by Gasteiger charge is -2.39. The smallest absolute Gasteiger partial charge is 0.312 e. The van der Waals surface area contributed by atoms with Crippen molar-refractivity contribution in [2.24, 2.45) is 11.1 Å². The molecule has 2 aliphatic heterocycles. The van der Waals surface area contributed by atoms with Crippen LogP contribution in [0.1, 0.15) is 36.8 Å². The second-order valence-electron chi connectivity index (χ2n) is 7.54. The molecule has 2 saturated heterocycles. The van der Waals surface area contributed by atoms with Crippen molar-refractivity contribution < 1.29 is 14.7 Å². The van der Waals surface area contributed by atoms with Crippen molar-refractivity contribution in [3.05, 3.63) is 29.3 Å². The fraction of sp³-hybridized carbons (Fsp3) is 0.526. The number of benzene rings is 1. The first kappa shape index (κ1) is 18.2. The fourth-order valence-corrected chi connectivity index (χ4v) is 4.20. The number of hydrogen-bond donors (Lipinski definition) is 3. The molecule has 0 radical (unpaired) electrons. The van der Waals surface area contributed by atoms with E-state index in [0.29, 0.717) is 13.1 Å². The number of rotatable bonds is 4. The Kier molecular flexibility index (Phi) is 4.89. The molecule has 0 saturated carbocycles. The molecule has 7 heteroatoms. The zero-order valence-electron chi connectivity index (χ0n) is 15.1. The quantitative estimate of drug-likeness (QED) is 0.430. The van der Waals surface area contributed by atoms with Crippen LogP contribution in [0, 0.1) is 17.7 Å². The molecule has 7 nitrogen and oxygen atoms in total. The Labute approximate surface area is 153 Å². The highest BCUT2D eigenvalue weighted by molar-refractivity contribution is 5.95. The molecule has 0 atom stereocenters. The third-order valence-electron chi connectivity index (χ3n) is 5.77. The van der Waals surface area contributed by atoms with Crippen LogP contribution in [0.15, 0.2) is 18.2 Å². The maximum absolute atomic E-state index is 11.9. The van der Waals surface area contributed by atoms with Crippen molar-refractivity contribution in [1.82, 2.24) is 4.90 Å². The number of carboxylic acid groups (broad SMARTS) is 1. The first-order chi connectivity index (χ1) is 12.3. The van der Waals surface area contributed by atoms with Gasteiger partial charge in [-0.15, -0.1) is 0 Å². The number of nitrogens with two attached hydrogens (primary N) is 1. The highest BCUT2D eigenvalue weighted by Crippen LogP contribution is 2.42. The molecule has 3 rings (SSSR count). The van der Waals surface area contributed by atoms with Crippen molar-refractivity contribution in [2.45, 2.75) is 32.6 Å². The Bertz CT molecular complexity index is 738. The summed E-state index contributed by atoms with van der Waals surface area (Å²) in [6.45, 7) is 5.25. The lowest BCUT2D eigenvalue weighted by molar-refractivity contribution is -0.145. The van der Waals surface area contributed by atoms with Gasteiger partial charge in [0.25, 0.3) is 0 Å². The summed E-state index contributed by atoms with van der Waals surface area (Å²) >= 11 is 0. The number of aliphatic carboxylic acids is 1. The van der Waals surface area contributed by atoms with E-state index in [1.54, 1.807) is 4.90 Å². The SMILES string of the molecule is Cc1cc(C(=N)N)ccc1N1CCC2(CCN(C(=O)CC(=O)O)CC2)C1. The Hall–Kier alpha value is -2.57. The summed E-state index contributed by atoms with van der Waals surface area (Å²) in [6.07, 6.45) is 2.50. The van der Waals surface area contributed by atoms with Gasteiger partial charge in [-0.1, -0.05) is 0 Å². The van der Waals surface area contributed by atoms with Crippen molar-refractivity contribution >= 4 is 23.4 Å². The molecule has 0 aliphatic carbocycles. The molecule has 140 valence electrons. The van der Waals surface area contributed by atoms with Crippen molar-refractivity contribution in [3.8, 4) is 0 Å². The van der Waals surface area contributed by atoms with E-state index in [1.807, 2.05) is 25.1 Å². The number of likely N-dealkylation sites (tertiary alicyclic amines) is 1. The standard InChI is InChI=1S/C19H26N4O3/c1-13-10-14(18(20)21)2-3-15(13)23-9-6-19(12-23)4-7-22(8-5-19)16(24)11-17(25)26/h2-3,10H,4-9,11-12H2,1H3,(H3,20,21)(H,25,26). The highest BCUT2D eigenvalue weighted by Gasteiger charge is 2.41. The minimum absolute atomic E-state index is 0.0796. The van der Waals surface area contributed by atoms with Crippen LogP contribution in [0.3, 0.4) is 0 Å². The van der Waals surface area contributed by atoms with Gasteiger partial charge < -0.3 is 20.6 Å². The minimum Gasteiger partial charge on any atom is -0.481 e. The van der Waals surface area contributed by atoms with Gasteiger partial charge in [0.2, 0.25) is 5.91 Å². The Morgan fingerprint density at radius 2 is 1.88 bits per heavy atom. The monoisotopic (exact) mass is 358 g/mol. The van der Waals surface area contributed by atoms with Gasteiger partial charge in [-0.25, -0.2) is 0 Å². The summed E-state index contributed by atoms with van der Waals surface area (Å²) in [5.74, 6) is -1.26. The highest BCUT2D eigenvalue weighted by atomic mass is 16.4. The van der Waals surface area contributed by atoms with E-state index in [2.05, 4.69) is 4.90 Å². The van der Waals surface area contributed by atoms with Gasteiger partial charge >= 0.3 is 5.97 Å². The van der Waals surface area contributed by atoms with Crippen LogP contribution in [-0.4, -0.2) is 53.9 Å². The molecule has 0 aromatic heterocycles. The fourth-order valence-electron chi connectivity index (χ4n) is 4.20. The first-order valence-corrected chi connectivity index (χ1v) is 8.99. The normalized spacial score (nSPS) is 19.0. The maximum atomic E-state index is 11.9. The molecular weight excluding hydrogens is 332 g/mol. The van der Waals surface area contributed by atoms with E-state index in [0.717, 1.165) is 43.5 Å². The number of anilines is 1. The number of piperidine rings is 1. The van der Waals surface area contributed by atoms with Crippen LogP contribution < -0.4 is 10.6 Å². The number of carboxylic acids is 1. The van der Waals surface area contributed by atoms with E-state index in [-0.39, 0.29) is 17.2 Å². The van der Waals surface area contributed by atoms with E-state index in [1.165, 1.54) is 5.69 Å². The van der Waals surface area contributed by atoms with Crippen LogP contribution in [0.5, 0.6) is 0 Å². The van der Waals surface area contributed by atoms with E-state index < -0.39 is 12.4 Å². The lowest BCUT2D eigenvalue weighted by Crippen LogP contribution is -2.44. The average Bonchev–Trinajstić information content (AvgIpc) is 2.98. The number of nitrogen functional groups attached to an aromatic ring is 1. The van der Waals surface area contributed by atoms with Crippen LogP contribution in [-0.2, 0) is 9.59 Å². The lowest BCUT2D eigenvalue weighted by atomic mass is 9.77. The zero-order valence-corrected chi connectivity index (χ0v) is 15.1. The van der Waals surface area contributed by atoms with Crippen LogP contribution in [0.25, 0.3) is 0 Å². The Morgan fingerprint density at radius 1 is 1.23 bits per heavy atom. The number of carbonyl (C=O) groups excluding carboxylic acids is 1. The Morgan fingerprint density at radius 3 is 2.46 bits per heavy atom. The summed E-state index contributed by atoms with van der Waals surface area (Å²) in [6, 6.07) is 5.88. The summed E-state index contributed by atoms with van der Waals surface area (Å²) in [7, 11) is 0. The third-order valence-corrected chi connectivity index (χ3v) is 5.77. The van der Waals surface area contributed by atoms with Crippen molar-refractivity contribution in [2.75, 3.05) is 31.1 Å². The number of amides is 1. The summed E-state index contributed by atoms with van der Waals surface area (Å²) in [5.41, 5.74) is 8.80. The number of amidine groups is 1. The molecule has 4 N–H and O–H groups in total. The van der Waals surface area contributed by atoms with E-state index in [4.69, 9.17) is 16.2 Å². The number of hydrogen-bond acceptors (Lipinski definition) is 4. The summed E-state index contributed by atoms with van der Waals surface area (Å²) in [5, 5.41) is 16.3. The van der Waals surface area contributed by atoms with Gasteiger partial charge in [-0.2, -0.15) is 0 Å². The van der Waals surface area contributed by atoms with Gasteiger partial charge in [-0.3, -0.25) is 15.0 Å². The number of aryl methyl sites for hydroxylation is 1. The predicted molar refractivity (Wildman–Crippen MR) is 99.5 cm³/mol. The molecule has 1 aromatic rings. The number of nitrogens with one attached hydrogen (secondary N) is 1. The van der Waals surface area contributed by atoms with Gasteiger partial charge in [-0.05, 0) is 55.4 Å². The number of nitrogens with zero attached hydrogens (tertiary/aromatic N) is 2. The molecule has 1 spiro atoms. The molecule has 26 heavy (non-hydrogen) atoms. The van der Waals surface area contributed by atoms with Gasteiger partial charge in [0.1, 0.15) is 12.3 Å². The summed E-state index contributed by atoms with van der Waals surface area (Å²) < 4.78 is 0. The van der Waals surface area contributed by atoms with E-state index in [9.17, 15) is 9.59 Å². The van der Waals surface area contributed by atoms with E-state index >= 15 is 0 Å².